The molecule has 188 valence electrons. The zero-order valence-electron chi connectivity index (χ0n) is 21.0. The van der Waals surface area contributed by atoms with Gasteiger partial charge in [-0.05, 0) is 23.6 Å². The van der Waals surface area contributed by atoms with E-state index in [-0.39, 0.29) is 36.4 Å². The van der Waals surface area contributed by atoms with Gasteiger partial charge in [0, 0.05) is 53.4 Å². The van der Waals surface area contributed by atoms with E-state index < -0.39 is 0 Å². The molecule has 1 aliphatic rings. The van der Waals surface area contributed by atoms with Gasteiger partial charge in [0.1, 0.15) is 6.54 Å². The van der Waals surface area contributed by atoms with Crippen molar-refractivity contribution < 1.29 is 19.0 Å². The first-order valence-corrected chi connectivity index (χ1v) is 11.0. The van der Waals surface area contributed by atoms with Crippen LogP contribution in [0.5, 0.6) is 17.2 Å². The summed E-state index contributed by atoms with van der Waals surface area (Å²) in [4.78, 5) is 22.8. The van der Waals surface area contributed by atoms with Crippen molar-refractivity contribution in [3.8, 4) is 17.2 Å². The summed E-state index contributed by atoms with van der Waals surface area (Å²) in [6.07, 6.45) is 0. The van der Waals surface area contributed by atoms with Crippen LogP contribution < -0.4 is 19.5 Å². The van der Waals surface area contributed by atoms with E-state index in [0.29, 0.717) is 23.2 Å². The molecule has 2 rings (SSSR count). The number of ether oxygens (including phenoxy) is 3. The number of nitrogens with zero attached hydrogens (tertiary/aromatic N) is 4. The molecule has 0 aromatic heterocycles. The number of methoxy groups -OCH3 is 3. The molecule has 1 amide bonds. The maximum atomic E-state index is 12.0. The van der Waals surface area contributed by atoms with Gasteiger partial charge in [-0.25, -0.2) is 4.99 Å². The van der Waals surface area contributed by atoms with E-state index in [9.17, 15) is 4.79 Å². The lowest BCUT2D eigenvalue weighted by Gasteiger charge is -2.37. The molecule has 0 bridgehead atoms. The number of halogens is 1. The van der Waals surface area contributed by atoms with Crippen molar-refractivity contribution in [3.63, 3.8) is 0 Å². The van der Waals surface area contributed by atoms with Crippen molar-refractivity contribution in [1.29, 1.82) is 0 Å². The molecule has 1 aromatic carbocycles. The van der Waals surface area contributed by atoms with E-state index in [0.717, 1.165) is 50.8 Å². The summed E-state index contributed by atoms with van der Waals surface area (Å²) in [5, 5.41) is 3.43. The minimum atomic E-state index is -0.00474. The molecule has 0 aliphatic carbocycles. The van der Waals surface area contributed by atoms with Crippen molar-refractivity contribution in [2.75, 3.05) is 74.7 Å². The Bertz CT molecular complexity index is 755. The van der Waals surface area contributed by atoms with Crippen LogP contribution in [0.3, 0.4) is 0 Å². The maximum Gasteiger partial charge on any atom is 0.243 e. The average Bonchev–Trinajstić information content (AvgIpc) is 2.78. The van der Waals surface area contributed by atoms with Gasteiger partial charge in [0.05, 0.1) is 21.3 Å². The van der Waals surface area contributed by atoms with E-state index in [4.69, 9.17) is 14.2 Å². The summed E-state index contributed by atoms with van der Waals surface area (Å²) in [6, 6.07) is 4.00. The molecule has 9 nitrogen and oxygen atoms in total. The zero-order chi connectivity index (χ0) is 23.7. The second-order valence-electron chi connectivity index (χ2n) is 8.50. The van der Waals surface area contributed by atoms with E-state index >= 15 is 0 Å². The summed E-state index contributed by atoms with van der Waals surface area (Å²) >= 11 is 0. The first-order valence-electron chi connectivity index (χ1n) is 11.0. The number of carbonyl (C=O) groups is 1. The Morgan fingerprint density at radius 2 is 1.64 bits per heavy atom. The van der Waals surface area contributed by atoms with E-state index in [1.54, 1.807) is 40.3 Å². The number of rotatable bonds is 9. The van der Waals surface area contributed by atoms with Crippen molar-refractivity contribution in [1.82, 2.24) is 20.0 Å². The largest absolute Gasteiger partial charge is 0.493 e. The molecular formula is C23H40IN5O4. The molecule has 33 heavy (non-hydrogen) atoms. The highest BCUT2D eigenvalue weighted by atomic mass is 127. The minimum absolute atomic E-state index is 0. The van der Waals surface area contributed by atoms with Crippen molar-refractivity contribution >= 4 is 35.8 Å². The number of benzene rings is 1. The quantitative estimate of drug-likeness (QED) is 0.274. The molecule has 1 aromatic rings. The normalized spacial score (nSPS) is 14.5. The number of guanidine groups is 1. The van der Waals surface area contributed by atoms with Gasteiger partial charge in [0.25, 0.3) is 0 Å². The van der Waals surface area contributed by atoms with Gasteiger partial charge in [-0.1, -0.05) is 13.8 Å². The second-order valence-corrected chi connectivity index (χ2v) is 8.50. The minimum Gasteiger partial charge on any atom is -0.493 e. The molecule has 1 fully saturated rings. The van der Waals surface area contributed by atoms with E-state index in [2.05, 4.69) is 34.0 Å². The molecule has 0 spiro atoms. The Hall–Kier alpha value is -1.95. The Morgan fingerprint density at radius 1 is 1.06 bits per heavy atom. The Balaban J connectivity index is 0.00000544. The van der Waals surface area contributed by atoms with Gasteiger partial charge in [0.15, 0.2) is 17.5 Å². The molecular weight excluding hydrogens is 537 g/mol. The van der Waals surface area contributed by atoms with Crippen LogP contribution >= 0.6 is 24.0 Å². The summed E-state index contributed by atoms with van der Waals surface area (Å²) in [7, 11) is 8.37. The van der Waals surface area contributed by atoms with E-state index in [1.165, 1.54) is 0 Å². The number of piperazine rings is 1. The third kappa shape index (κ3) is 8.73. The zero-order valence-corrected chi connectivity index (χ0v) is 23.3. The van der Waals surface area contributed by atoms with Gasteiger partial charge in [-0.15, -0.1) is 24.0 Å². The monoisotopic (exact) mass is 577 g/mol. The average molecular weight is 578 g/mol. The summed E-state index contributed by atoms with van der Waals surface area (Å²) in [5.41, 5.74) is 1.11. The van der Waals surface area contributed by atoms with Crippen molar-refractivity contribution in [3.05, 3.63) is 17.7 Å². The topological polar surface area (TPSA) is 78.9 Å². The fraction of sp³-hybridized carbons (Fsp3) is 0.652. The Labute approximate surface area is 215 Å². The van der Waals surface area contributed by atoms with E-state index in [1.807, 2.05) is 12.1 Å². The third-order valence-corrected chi connectivity index (χ3v) is 5.33. The molecule has 1 heterocycles. The fourth-order valence-electron chi connectivity index (χ4n) is 3.45. The van der Waals surface area contributed by atoms with Gasteiger partial charge in [-0.3, -0.25) is 9.69 Å². The molecule has 0 unspecified atom stereocenters. The van der Waals surface area contributed by atoms with Crippen LogP contribution in [0.15, 0.2) is 17.1 Å². The predicted molar refractivity (Wildman–Crippen MR) is 142 cm³/mol. The number of hydrogen-bond acceptors (Lipinski definition) is 6. The first-order chi connectivity index (χ1) is 15.3. The van der Waals surface area contributed by atoms with Crippen molar-refractivity contribution in [2.24, 2.45) is 10.9 Å². The van der Waals surface area contributed by atoms with Gasteiger partial charge in [-0.2, -0.15) is 0 Å². The predicted octanol–water partition coefficient (Wildman–Crippen LogP) is 2.14. The molecule has 1 saturated heterocycles. The number of hydrogen-bond donors (Lipinski definition) is 1. The van der Waals surface area contributed by atoms with Crippen LogP contribution in [0, 0.1) is 5.92 Å². The van der Waals surface area contributed by atoms with Crippen molar-refractivity contribution in [2.45, 2.75) is 20.4 Å². The number of aliphatic imine (C=N–C) groups is 1. The third-order valence-electron chi connectivity index (χ3n) is 5.33. The number of nitrogens with one attached hydrogen (secondary N) is 1. The first kappa shape index (κ1) is 29.1. The molecule has 0 saturated carbocycles. The summed E-state index contributed by atoms with van der Waals surface area (Å²) < 4.78 is 16.4. The second kappa shape index (κ2) is 14.3. The van der Waals surface area contributed by atoms with Gasteiger partial charge >= 0.3 is 0 Å². The van der Waals surface area contributed by atoms with Crippen LogP contribution in [-0.2, 0) is 11.3 Å². The highest BCUT2D eigenvalue weighted by Gasteiger charge is 2.22. The number of likely N-dealkylation sites (N-methyl/N-ethyl adjacent to an activating group) is 1. The lowest BCUT2D eigenvalue weighted by atomic mass is 10.1. The fourth-order valence-corrected chi connectivity index (χ4v) is 3.45. The molecule has 10 heteroatoms. The molecule has 0 radical (unpaired) electrons. The number of amides is 1. The van der Waals surface area contributed by atoms with Gasteiger partial charge in [0.2, 0.25) is 11.7 Å². The van der Waals surface area contributed by atoms with Crippen LogP contribution in [0.4, 0.5) is 0 Å². The number of carbonyl (C=O) groups excluding carboxylic acids is 1. The van der Waals surface area contributed by atoms with Crippen LogP contribution in [0.25, 0.3) is 0 Å². The molecule has 0 atom stereocenters. The highest BCUT2D eigenvalue weighted by Crippen LogP contribution is 2.38. The van der Waals surface area contributed by atoms with Crippen LogP contribution in [0.2, 0.25) is 0 Å². The summed E-state index contributed by atoms with van der Waals surface area (Å²) in [6.45, 7) is 9.53. The van der Waals surface area contributed by atoms with Crippen LogP contribution in [-0.4, -0.2) is 101 Å². The lowest BCUT2D eigenvalue weighted by Crippen LogP contribution is -2.52. The molecule has 1 aliphatic heterocycles. The SMILES string of the molecule is COc1cc(CN2CCN(C(=NCC(=O)N(C)C)NCC(C)C)CC2)cc(OC)c1OC.I. The van der Waals surface area contributed by atoms with Gasteiger partial charge < -0.3 is 29.3 Å². The maximum absolute atomic E-state index is 12.0. The summed E-state index contributed by atoms with van der Waals surface area (Å²) in [5.74, 6) is 3.23. The smallest absolute Gasteiger partial charge is 0.243 e. The Morgan fingerprint density at radius 3 is 2.09 bits per heavy atom. The highest BCUT2D eigenvalue weighted by molar-refractivity contribution is 14.0. The van der Waals surface area contributed by atoms with Crippen LogP contribution in [0.1, 0.15) is 19.4 Å². The lowest BCUT2D eigenvalue weighted by molar-refractivity contribution is -0.127. The molecule has 1 N–H and O–H groups in total. The Kier molecular flexibility index (Phi) is 12.6. The standard InChI is InChI=1S/C23H39N5O4.HI/c1-17(2)14-24-23(25-15-21(29)26(3)4)28-10-8-27(9-11-28)16-18-12-19(30-5)22(32-7)20(13-18)31-6;/h12-13,17H,8-11,14-16H2,1-7H3,(H,24,25);1H.